The Morgan fingerprint density at radius 2 is 2.00 bits per heavy atom. The Bertz CT molecular complexity index is 478. The fraction of sp³-hybridized carbons (Fsp3) is 0.533. The zero-order chi connectivity index (χ0) is 14.5. The van der Waals surface area contributed by atoms with Gasteiger partial charge >= 0.3 is 0 Å². The predicted octanol–water partition coefficient (Wildman–Crippen LogP) is 2.68. The van der Waals surface area contributed by atoms with Crippen molar-refractivity contribution >= 4 is 21.8 Å². The van der Waals surface area contributed by atoms with E-state index in [2.05, 4.69) is 21.2 Å². The number of carbonyl (C=O) groups is 1. The Labute approximate surface area is 127 Å². The van der Waals surface area contributed by atoms with Crippen LogP contribution in [0.3, 0.4) is 0 Å². The Kier molecular flexibility index (Phi) is 5.43. The van der Waals surface area contributed by atoms with Gasteiger partial charge in [0.25, 0.3) is 5.91 Å². The SMILES string of the molecule is O=C(NCC1CCCCC1CO)c1ccc(Br)cc1O. The van der Waals surface area contributed by atoms with Crippen LogP contribution in [0.25, 0.3) is 0 Å². The summed E-state index contributed by atoms with van der Waals surface area (Å²) in [5.74, 6) is 0.314. The molecule has 1 fully saturated rings. The average molecular weight is 342 g/mol. The van der Waals surface area contributed by atoms with Crippen LogP contribution >= 0.6 is 15.9 Å². The van der Waals surface area contributed by atoms with Crippen LogP contribution in [0.4, 0.5) is 0 Å². The Morgan fingerprint density at radius 1 is 1.30 bits per heavy atom. The number of rotatable bonds is 4. The van der Waals surface area contributed by atoms with Crippen LogP contribution in [0.15, 0.2) is 22.7 Å². The molecule has 0 aliphatic heterocycles. The molecule has 1 aromatic carbocycles. The molecule has 0 bridgehead atoms. The van der Waals surface area contributed by atoms with E-state index in [1.807, 2.05) is 0 Å². The summed E-state index contributed by atoms with van der Waals surface area (Å²) < 4.78 is 0.735. The molecule has 4 nitrogen and oxygen atoms in total. The molecular formula is C15H20BrNO3. The summed E-state index contributed by atoms with van der Waals surface area (Å²) >= 11 is 3.24. The highest BCUT2D eigenvalue weighted by Crippen LogP contribution is 2.29. The summed E-state index contributed by atoms with van der Waals surface area (Å²) in [6.07, 6.45) is 4.38. The van der Waals surface area contributed by atoms with Crippen LogP contribution in [0.5, 0.6) is 5.75 Å². The first-order chi connectivity index (χ1) is 9.61. The summed E-state index contributed by atoms with van der Waals surface area (Å²) in [6, 6.07) is 4.83. The minimum absolute atomic E-state index is 0.0285. The lowest BCUT2D eigenvalue weighted by molar-refractivity contribution is 0.0906. The van der Waals surface area contributed by atoms with E-state index >= 15 is 0 Å². The Morgan fingerprint density at radius 3 is 2.65 bits per heavy atom. The Hall–Kier alpha value is -1.07. The van der Waals surface area contributed by atoms with E-state index in [1.54, 1.807) is 12.1 Å². The maximum atomic E-state index is 12.1. The number of carbonyl (C=O) groups excluding carboxylic acids is 1. The Balaban J connectivity index is 1.94. The quantitative estimate of drug-likeness (QED) is 0.788. The van der Waals surface area contributed by atoms with Gasteiger partial charge in [-0.1, -0.05) is 28.8 Å². The van der Waals surface area contributed by atoms with Crippen LogP contribution in [0, 0.1) is 11.8 Å². The number of hydrogen-bond donors (Lipinski definition) is 3. The van der Waals surface area contributed by atoms with Crippen LogP contribution in [0.1, 0.15) is 36.0 Å². The molecule has 1 amide bonds. The molecule has 0 spiro atoms. The van der Waals surface area contributed by atoms with E-state index in [0.717, 1.165) is 30.2 Å². The molecule has 0 heterocycles. The molecule has 0 radical (unpaired) electrons. The van der Waals surface area contributed by atoms with Crippen molar-refractivity contribution in [1.82, 2.24) is 5.32 Å². The number of nitrogens with one attached hydrogen (secondary N) is 1. The first kappa shape index (κ1) is 15.3. The first-order valence-electron chi connectivity index (χ1n) is 6.99. The smallest absolute Gasteiger partial charge is 0.255 e. The van der Waals surface area contributed by atoms with Gasteiger partial charge in [0.05, 0.1) is 5.56 Å². The zero-order valence-electron chi connectivity index (χ0n) is 11.3. The third-order valence-corrected chi connectivity index (χ3v) is 4.52. The third kappa shape index (κ3) is 3.73. The standard InChI is InChI=1S/C15H20BrNO3/c16-12-5-6-13(14(19)7-12)15(20)17-8-10-3-1-2-4-11(10)9-18/h5-7,10-11,18-19H,1-4,8-9H2,(H,17,20). The van der Waals surface area contributed by atoms with Crippen LogP contribution in [0.2, 0.25) is 0 Å². The summed E-state index contributed by atoms with van der Waals surface area (Å²) in [5, 5.41) is 22.0. The second-order valence-corrected chi connectivity index (χ2v) is 6.27. The first-order valence-corrected chi connectivity index (χ1v) is 7.78. The van der Waals surface area contributed by atoms with Crippen molar-refractivity contribution < 1.29 is 15.0 Å². The molecule has 1 aromatic rings. The maximum absolute atomic E-state index is 12.1. The van der Waals surface area contributed by atoms with Gasteiger partial charge in [-0.2, -0.15) is 0 Å². The number of phenolic OH excluding ortho intramolecular Hbond substituents is 1. The molecule has 1 aliphatic carbocycles. The van der Waals surface area contributed by atoms with Gasteiger partial charge in [-0.15, -0.1) is 0 Å². The monoisotopic (exact) mass is 341 g/mol. The maximum Gasteiger partial charge on any atom is 0.255 e. The molecule has 2 atom stereocenters. The van der Waals surface area contributed by atoms with Crippen molar-refractivity contribution in [3.63, 3.8) is 0 Å². The zero-order valence-corrected chi connectivity index (χ0v) is 12.9. The molecule has 1 saturated carbocycles. The number of hydrogen-bond acceptors (Lipinski definition) is 3. The van der Waals surface area contributed by atoms with Crippen LogP contribution in [-0.2, 0) is 0 Å². The van der Waals surface area contributed by atoms with Gasteiger partial charge in [0.1, 0.15) is 5.75 Å². The fourth-order valence-electron chi connectivity index (χ4n) is 2.81. The van der Waals surface area contributed by atoms with Gasteiger partial charge in [-0.3, -0.25) is 4.79 Å². The van der Waals surface area contributed by atoms with Gasteiger partial charge in [0, 0.05) is 17.6 Å². The molecule has 1 aliphatic rings. The van der Waals surface area contributed by atoms with Gasteiger partial charge in [-0.05, 0) is 42.9 Å². The molecule has 5 heteroatoms. The number of amides is 1. The summed E-state index contributed by atoms with van der Waals surface area (Å²) in [5.41, 5.74) is 0.282. The van der Waals surface area contributed by atoms with Gasteiger partial charge in [-0.25, -0.2) is 0 Å². The number of halogens is 1. The van der Waals surface area contributed by atoms with Gasteiger partial charge in [0.2, 0.25) is 0 Å². The second-order valence-electron chi connectivity index (χ2n) is 5.36. The van der Waals surface area contributed by atoms with E-state index in [-0.39, 0.29) is 29.7 Å². The summed E-state index contributed by atoms with van der Waals surface area (Å²) in [4.78, 5) is 12.1. The van der Waals surface area contributed by atoms with Crippen molar-refractivity contribution in [2.45, 2.75) is 25.7 Å². The highest BCUT2D eigenvalue weighted by molar-refractivity contribution is 9.10. The molecule has 2 unspecified atom stereocenters. The van der Waals surface area contributed by atoms with Crippen molar-refractivity contribution in [3.05, 3.63) is 28.2 Å². The van der Waals surface area contributed by atoms with E-state index in [1.165, 1.54) is 6.07 Å². The van der Waals surface area contributed by atoms with Gasteiger partial charge < -0.3 is 15.5 Å². The van der Waals surface area contributed by atoms with Crippen molar-refractivity contribution in [3.8, 4) is 5.75 Å². The molecule has 110 valence electrons. The number of aliphatic hydroxyl groups excluding tert-OH is 1. The minimum atomic E-state index is -0.266. The highest BCUT2D eigenvalue weighted by atomic mass is 79.9. The second kappa shape index (κ2) is 7.09. The molecule has 20 heavy (non-hydrogen) atoms. The molecule has 2 rings (SSSR count). The molecule has 0 saturated heterocycles. The van der Waals surface area contributed by atoms with E-state index in [4.69, 9.17) is 0 Å². The molecule has 0 aromatic heterocycles. The number of benzene rings is 1. The van der Waals surface area contributed by atoms with E-state index in [0.29, 0.717) is 12.5 Å². The lowest BCUT2D eigenvalue weighted by Crippen LogP contribution is -2.35. The normalized spacial score (nSPS) is 22.5. The van der Waals surface area contributed by atoms with Crippen LogP contribution < -0.4 is 5.32 Å². The lowest BCUT2D eigenvalue weighted by atomic mass is 9.79. The van der Waals surface area contributed by atoms with Gasteiger partial charge in [0.15, 0.2) is 0 Å². The minimum Gasteiger partial charge on any atom is -0.507 e. The lowest BCUT2D eigenvalue weighted by Gasteiger charge is -2.30. The topological polar surface area (TPSA) is 69.6 Å². The summed E-state index contributed by atoms with van der Waals surface area (Å²) in [7, 11) is 0. The highest BCUT2D eigenvalue weighted by Gasteiger charge is 2.25. The van der Waals surface area contributed by atoms with E-state index in [9.17, 15) is 15.0 Å². The van der Waals surface area contributed by atoms with E-state index < -0.39 is 0 Å². The van der Waals surface area contributed by atoms with Crippen molar-refractivity contribution in [2.75, 3.05) is 13.2 Å². The van der Waals surface area contributed by atoms with Crippen molar-refractivity contribution in [1.29, 1.82) is 0 Å². The number of phenols is 1. The number of aliphatic hydroxyl groups is 1. The van der Waals surface area contributed by atoms with Crippen LogP contribution in [-0.4, -0.2) is 29.3 Å². The average Bonchev–Trinajstić information content (AvgIpc) is 2.45. The molecule has 3 N–H and O–H groups in total. The molecular weight excluding hydrogens is 322 g/mol. The fourth-order valence-corrected chi connectivity index (χ4v) is 3.16. The van der Waals surface area contributed by atoms with Crippen molar-refractivity contribution in [2.24, 2.45) is 11.8 Å². The summed E-state index contributed by atoms with van der Waals surface area (Å²) in [6.45, 7) is 0.740. The predicted molar refractivity (Wildman–Crippen MR) is 80.7 cm³/mol. The number of aromatic hydroxyl groups is 1. The third-order valence-electron chi connectivity index (χ3n) is 4.03. The largest absolute Gasteiger partial charge is 0.507 e.